The van der Waals surface area contributed by atoms with Crippen molar-refractivity contribution in [1.82, 2.24) is 0 Å². The van der Waals surface area contributed by atoms with Crippen LogP contribution in [-0.4, -0.2) is 70.0 Å². The zero-order chi connectivity index (χ0) is 40.0. The highest BCUT2D eigenvalue weighted by Gasteiger charge is 2.21. The third kappa shape index (κ3) is 39.7. The first-order valence-electron chi connectivity index (χ1n) is 21.3. The summed E-state index contributed by atoms with van der Waals surface area (Å²) in [6.07, 6.45) is 41.4. The van der Waals surface area contributed by atoms with Crippen molar-refractivity contribution in [3.63, 3.8) is 0 Å². The van der Waals surface area contributed by atoms with Crippen molar-refractivity contribution in [3.8, 4) is 0 Å². The molecule has 0 amide bonds. The number of phosphoric ester groups is 1. The number of hydrogen-bond acceptors (Lipinski definition) is 8. The molecule has 0 fully saturated rings. The summed E-state index contributed by atoms with van der Waals surface area (Å²) in [6, 6.07) is 0. The van der Waals surface area contributed by atoms with E-state index < -0.39 is 32.5 Å². The maximum Gasteiger partial charge on any atom is 0.306 e. The Morgan fingerprint density at radius 2 is 1.00 bits per heavy atom. The van der Waals surface area contributed by atoms with Crippen LogP contribution >= 0.6 is 7.82 Å². The predicted molar refractivity (Wildman–Crippen MR) is 222 cm³/mol. The molecule has 0 aromatic heterocycles. The molecule has 0 spiro atoms. The minimum absolute atomic E-state index is 0.0401. The van der Waals surface area contributed by atoms with Crippen LogP contribution in [-0.2, 0) is 32.7 Å². The molecule has 9 nitrogen and oxygen atoms in total. The summed E-state index contributed by atoms with van der Waals surface area (Å²) in [5.41, 5.74) is 0. The van der Waals surface area contributed by atoms with Gasteiger partial charge in [0.1, 0.15) is 19.8 Å². The SMILES string of the molecule is CCCCC/C=C\C/C=C\C/C=C\CCCCC(=O)O[C@H](COC(=O)CCCCCCCCC/C=C\CCCCCC)COP(=O)([O-])OCC[N+](C)(C)C. The first-order chi connectivity index (χ1) is 26.0. The second-order valence-corrected chi connectivity index (χ2v) is 16.8. The molecule has 10 heteroatoms. The molecule has 314 valence electrons. The Morgan fingerprint density at radius 1 is 0.574 bits per heavy atom. The number of rotatable bonds is 38. The molecule has 0 aromatic carbocycles. The molecule has 54 heavy (non-hydrogen) atoms. The van der Waals surface area contributed by atoms with E-state index in [1.54, 1.807) is 0 Å². The molecule has 0 saturated heterocycles. The van der Waals surface area contributed by atoms with Crippen LogP contribution in [0.3, 0.4) is 0 Å². The molecule has 2 atom stereocenters. The molecule has 0 aliphatic carbocycles. The first kappa shape index (κ1) is 52.0. The van der Waals surface area contributed by atoms with E-state index in [0.717, 1.165) is 64.2 Å². The topological polar surface area (TPSA) is 111 Å². The number of esters is 2. The smallest absolute Gasteiger partial charge is 0.306 e. The molecule has 0 rings (SSSR count). The number of carbonyl (C=O) groups is 2. The number of hydrogen-bond donors (Lipinski definition) is 0. The summed E-state index contributed by atoms with van der Waals surface area (Å²) in [5, 5.41) is 0. The van der Waals surface area contributed by atoms with Crippen LogP contribution in [0.2, 0.25) is 0 Å². The number of unbranched alkanes of at least 4 members (excludes halogenated alkanes) is 16. The fourth-order valence-electron chi connectivity index (χ4n) is 5.42. The van der Waals surface area contributed by atoms with Gasteiger partial charge in [-0.2, -0.15) is 0 Å². The Bertz CT molecular complexity index is 1070. The molecular weight excluding hydrogens is 701 g/mol. The van der Waals surface area contributed by atoms with Gasteiger partial charge in [0.05, 0.1) is 27.7 Å². The van der Waals surface area contributed by atoms with Crippen LogP contribution in [0.25, 0.3) is 0 Å². The van der Waals surface area contributed by atoms with E-state index in [9.17, 15) is 19.0 Å². The molecule has 0 aliphatic heterocycles. The monoisotopic (exact) mass is 782 g/mol. The maximum absolute atomic E-state index is 12.6. The lowest BCUT2D eigenvalue weighted by Crippen LogP contribution is -2.37. The molecule has 0 N–H and O–H groups in total. The van der Waals surface area contributed by atoms with Crippen LogP contribution in [0.15, 0.2) is 48.6 Å². The third-order valence-corrected chi connectivity index (χ3v) is 9.79. The Kier molecular flexibility index (Phi) is 35.2. The summed E-state index contributed by atoms with van der Waals surface area (Å²) in [7, 11) is 1.13. The lowest BCUT2D eigenvalue weighted by atomic mass is 10.1. The molecule has 0 saturated carbocycles. The molecule has 0 heterocycles. The molecule has 0 aromatic rings. The zero-order valence-electron chi connectivity index (χ0n) is 35.2. The van der Waals surface area contributed by atoms with Gasteiger partial charge in [-0.1, -0.05) is 127 Å². The second kappa shape index (κ2) is 36.6. The van der Waals surface area contributed by atoms with E-state index in [1.165, 1.54) is 70.6 Å². The van der Waals surface area contributed by atoms with Gasteiger partial charge in [0.15, 0.2) is 6.10 Å². The van der Waals surface area contributed by atoms with Crippen molar-refractivity contribution < 1.29 is 42.1 Å². The van der Waals surface area contributed by atoms with Gasteiger partial charge in [0.2, 0.25) is 0 Å². The maximum atomic E-state index is 12.6. The highest BCUT2D eigenvalue weighted by Crippen LogP contribution is 2.38. The number of quaternary nitrogens is 1. The van der Waals surface area contributed by atoms with E-state index in [0.29, 0.717) is 17.4 Å². The Balaban J connectivity index is 4.46. The fourth-order valence-corrected chi connectivity index (χ4v) is 6.15. The van der Waals surface area contributed by atoms with Crippen molar-refractivity contribution in [3.05, 3.63) is 48.6 Å². The van der Waals surface area contributed by atoms with Gasteiger partial charge in [-0.25, -0.2) is 0 Å². The predicted octanol–water partition coefficient (Wildman–Crippen LogP) is 11.3. The zero-order valence-corrected chi connectivity index (χ0v) is 36.0. The van der Waals surface area contributed by atoms with Gasteiger partial charge in [0, 0.05) is 12.8 Å². The average molecular weight is 782 g/mol. The van der Waals surface area contributed by atoms with Gasteiger partial charge in [-0.05, 0) is 77.0 Å². The van der Waals surface area contributed by atoms with Crippen molar-refractivity contribution >= 4 is 19.8 Å². The van der Waals surface area contributed by atoms with Crippen LogP contribution < -0.4 is 4.89 Å². The molecule has 0 radical (unpaired) electrons. The van der Waals surface area contributed by atoms with Crippen LogP contribution in [0.5, 0.6) is 0 Å². The van der Waals surface area contributed by atoms with Crippen LogP contribution in [0.4, 0.5) is 0 Å². The largest absolute Gasteiger partial charge is 0.756 e. The Morgan fingerprint density at radius 3 is 1.57 bits per heavy atom. The first-order valence-corrected chi connectivity index (χ1v) is 22.8. The summed E-state index contributed by atoms with van der Waals surface area (Å²) < 4.78 is 33.8. The highest BCUT2D eigenvalue weighted by atomic mass is 31.2. The Hall–Kier alpha value is -2.03. The van der Waals surface area contributed by atoms with Crippen molar-refractivity contribution in [2.24, 2.45) is 0 Å². The van der Waals surface area contributed by atoms with Gasteiger partial charge in [0.25, 0.3) is 7.82 Å². The number of allylic oxidation sites excluding steroid dienone is 8. The van der Waals surface area contributed by atoms with E-state index >= 15 is 0 Å². The van der Waals surface area contributed by atoms with Crippen LogP contribution in [0.1, 0.15) is 168 Å². The van der Waals surface area contributed by atoms with Crippen LogP contribution in [0, 0.1) is 0 Å². The lowest BCUT2D eigenvalue weighted by Gasteiger charge is -2.28. The minimum atomic E-state index is -4.63. The number of likely N-dealkylation sites (N-methyl/N-ethyl adjacent to an activating group) is 1. The highest BCUT2D eigenvalue weighted by molar-refractivity contribution is 7.45. The summed E-state index contributed by atoms with van der Waals surface area (Å²) in [5.74, 6) is -0.887. The van der Waals surface area contributed by atoms with E-state index in [2.05, 4.69) is 62.5 Å². The standard InChI is InChI=1S/C44H80NO8P/c1-6-8-10-12-14-16-18-20-22-24-26-28-30-32-34-36-43(46)50-40-42(41-52-54(48,49)51-39-38-45(3,4)5)53-44(47)37-35-33-31-29-27-25-23-21-19-17-15-13-11-9-7-2/h15-18,21,23,27,29,42H,6-14,19-20,22,24-26,28,30-41H2,1-5H3/b17-15-,18-16-,23-21-,29-27-/t42-/m1/s1. The van der Waals surface area contributed by atoms with Crippen molar-refractivity contribution in [2.45, 2.75) is 174 Å². The number of phosphoric acid groups is 1. The fraction of sp³-hybridized carbons (Fsp3) is 0.773. The van der Waals surface area contributed by atoms with E-state index in [-0.39, 0.29) is 26.1 Å². The van der Waals surface area contributed by atoms with Gasteiger partial charge in [-0.3, -0.25) is 14.2 Å². The number of ether oxygens (including phenoxy) is 2. The molecular formula is C44H80NO8P. The molecule has 0 aliphatic rings. The normalized spacial score (nSPS) is 14.1. The summed E-state index contributed by atoms with van der Waals surface area (Å²) >= 11 is 0. The molecule has 1 unspecified atom stereocenters. The van der Waals surface area contributed by atoms with Gasteiger partial charge < -0.3 is 27.9 Å². The number of nitrogens with zero attached hydrogens (tertiary/aromatic N) is 1. The molecule has 0 bridgehead atoms. The van der Waals surface area contributed by atoms with Crippen molar-refractivity contribution in [2.75, 3.05) is 47.5 Å². The van der Waals surface area contributed by atoms with Crippen molar-refractivity contribution in [1.29, 1.82) is 0 Å². The van der Waals surface area contributed by atoms with Gasteiger partial charge in [-0.15, -0.1) is 0 Å². The second-order valence-electron chi connectivity index (χ2n) is 15.3. The Labute approximate surface area is 331 Å². The van der Waals surface area contributed by atoms with E-state index in [4.69, 9.17) is 18.5 Å². The quantitative estimate of drug-likeness (QED) is 0.0200. The average Bonchev–Trinajstić information content (AvgIpc) is 3.12. The third-order valence-electron chi connectivity index (χ3n) is 8.82. The minimum Gasteiger partial charge on any atom is -0.756 e. The van der Waals surface area contributed by atoms with Gasteiger partial charge >= 0.3 is 11.9 Å². The summed E-state index contributed by atoms with van der Waals surface area (Å²) in [4.78, 5) is 37.5. The number of carbonyl (C=O) groups excluding carboxylic acids is 2. The lowest BCUT2D eigenvalue weighted by molar-refractivity contribution is -0.870. The van der Waals surface area contributed by atoms with E-state index in [1.807, 2.05) is 21.1 Å². The summed E-state index contributed by atoms with van der Waals surface area (Å²) in [6.45, 7) is 4.12.